The average Bonchev–Trinajstić information content (AvgIpc) is 3.01. The summed E-state index contributed by atoms with van der Waals surface area (Å²) in [6.07, 6.45) is -1.08. The van der Waals surface area contributed by atoms with E-state index < -0.39 is 13.0 Å². The molecule has 2 N–H and O–H groups in total. The lowest BCUT2D eigenvalue weighted by Gasteiger charge is -2.10. The van der Waals surface area contributed by atoms with Gasteiger partial charge < -0.3 is 10.1 Å². The van der Waals surface area contributed by atoms with Crippen LogP contribution < -0.4 is 10.1 Å². The van der Waals surface area contributed by atoms with E-state index in [9.17, 15) is 8.78 Å². The molecule has 0 unspecified atom stereocenters. The first-order chi connectivity index (χ1) is 10.6. The van der Waals surface area contributed by atoms with Crippen molar-refractivity contribution in [3.05, 3.63) is 35.8 Å². The zero-order valence-electron chi connectivity index (χ0n) is 11.5. The number of nitrogens with one attached hydrogen (secondary N) is 2. The van der Waals surface area contributed by atoms with Gasteiger partial charge >= 0.3 is 0 Å². The molecule has 1 heterocycles. The standard InChI is InChI=1S/C13H12F2N6O/c1-8-4-10(22-7-12(14)15)2-3-11(8)17-6-9(5-16)13-18-20-21-19-13/h2-4,6,12,17H,7H2,1H3,(H,18,19,20,21). The Hall–Kier alpha value is -3.02. The number of rotatable bonds is 6. The number of alkyl halides is 2. The summed E-state index contributed by atoms with van der Waals surface area (Å²) in [6.45, 7) is 1.13. The number of nitrogens with zero attached hydrogens (tertiary/aromatic N) is 4. The molecule has 0 spiro atoms. The number of aromatic nitrogens is 4. The number of allylic oxidation sites excluding steroid dienone is 1. The van der Waals surface area contributed by atoms with Crippen molar-refractivity contribution in [3.63, 3.8) is 0 Å². The number of ether oxygens (including phenoxy) is 1. The van der Waals surface area contributed by atoms with Crippen molar-refractivity contribution in [2.75, 3.05) is 11.9 Å². The number of anilines is 1. The second-order valence-electron chi connectivity index (χ2n) is 4.23. The van der Waals surface area contributed by atoms with Gasteiger partial charge in [0.05, 0.1) is 0 Å². The van der Waals surface area contributed by atoms with Gasteiger partial charge in [0.15, 0.2) is 0 Å². The number of hydrogen-bond donors (Lipinski definition) is 2. The topological polar surface area (TPSA) is 99.5 Å². The first kappa shape index (κ1) is 15.4. The molecule has 22 heavy (non-hydrogen) atoms. The van der Waals surface area contributed by atoms with Crippen molar-refractivity contribution >= 4 is 11.3 Å². The van der Waals surface area contributed by atoms with Gasteiger partial charge in [-0.15, -0.1) is 10.2 Å². The highest BCUT2D eigenvalue weighted by Crippen LogP contribution is 2.22. The third-order valence-electron chi connectivity index (χ3n) is 2.65. The van der Waals surface area contributed by atoms with Gasteiger partial charge in [0.1, 0.15) is 24.0 Å². The molecule has 0 aliphatic rings. The summed E-state index contributed by atoms with van der Waals surface area (Å²) >= 11 is 0. The Morgan fingerprint density at radius 1 is 1.55 bits per heavy atom. The molecular formula is C13H12F2N6O. The Morgan fingerprint density at radius 2 is 2.36 bits per heavy atom. The lowest BCUT2D eigenvalue weighted by Crippen LogP contribution is -2.07. The van der Waals surface area contributed by atoms with Crippen molar-refractivity contribution in [2.24, 2.45) is 0 Å². The highest BCUT2D eigenvalue weighted by molar-refractivity contribution is 5.74. The van der Waals surface area contributed by atoms with E-state index >= 15 is 0 Å². The molecule has 2 aromatic rings. The molecule has 1 aromatic carbocycles. The van der Waals surface area contributed by atoms with E-state index in [0.717, 1.165) is 5.56 Å². The van der Waals surface area contributed by atoms with E-state index in [0.29, 0.717) is 11.4 Å². The van der Waals surface area contributed by atoms with Gasteiger partial charge in [-0.3, -0.25) is 0 Å². The summed E-state index contributed by atoms with van der Waals surface area (Å²) in [5.74, 6) is 0.524. The predicted molar refractivity (Wildman–Crippen MR) is 74.1 cm³/mol. The largest absolute Gasteiger partial charge is 0.488 e. The molecule has 0 aliphatic carbocycles. The molecule has 7 nitrogen and oxygen atoms in total. The smallest absolute Gasteiger partial charge is 0.272 e. The zero-order chi connectivity index (χ0) is 15.9. The minimum absolute atomic E-state index is 0.171. The van der Waals surface area contributed by atoms with Crippen LogP contribution in [0.15, 0.2) is 24.4 Å². The lowest BCUT2D eigenvalue weighted by atomic mass is 10.2. The number of tetrazole rings is 1. The maximum Gasteiger partial charge on any atom is 0.272 e. The van der Waals surface area contributed by atoms with Crippen LogP contribution in [0.2, 0.25) is 0 Å². The molecule has 0 bridgehead atoms. The van der Waals surface area contributed by atoms with Crippen molar-refractivity contribution in [2.45, 2.75) is 13.3 Å². The van der Waals surface area contributed by atoms with Gasteiger partial charge in [0, 0.05) is 11.9 Å². The molecule has 1 aromatic heterocycles. The number of nitriles is 1. The van der Waals surface area contributed by atoms with Crippen molar-refractivity contribution in [3.8, 4) is 11.8 Å². The fourth-order valence-electron chi connectivity index (χ4n) is 1.62. The first-order valence-corrected chi connectivity index (χ1v) is 6.22. The molecular weight excluding hydrogens is 294 g/mol. The van der Waals surface area contributed by atoms with E-state index in [1.54, 1.807) is 25.1 Å². The molecule has 9 heteroatoms. The fraction of sp³-hybridized carbons (Fsp3) is 0.231. The molecule has 0 atom stereocenters. The van der Waals surface area contributed by atoms with Crippen LogP contribution in [0.5, 0.6) is 5.75 Å². The Labute approximate surface area is 124 Å². The predicted octanol–water partition coefficient (Wildman–Crippen LogP) is 2.13. The van der Waals surface area contributed by atoms with Gasteiger partial charge in [-0.2, -0.15) is 10.5 Å². The summed E-state index contributed by atoms with van der Waals surface area (Å²) in [4.78, 5) is 0. The highest BCUT2D eigenvalue weighted by atomic mass is 19.3. The highest BCUT2D eigenvalue weighted by Gasteiger charge is 2.07. The molecule has 0 amide bonds. The van der Waals surface area contributed by atoms with Crippen LogP contribution in [-0.4, -0.2) is 33.7 Å². The SMILES string of the molecule is Cc1cc(OCC(F)F)ccc1NC=C(C#N)c1nn[nH]n1. The Morgan fingerprint density at radius 3 is 2.95 bits per heavy atom. The van der Waals surface area contributed by atoms with Crippen molar-refractivity contribution in [1.82, 2.24) is 20.6 Å². The number of aryl methyl sites for hydroxylation is 1. The van der Waals surface area contributed by atoms with Crippen LogP contribution >= 0.6 is 0 Å². The maximum atomic E-state index is 12.1. The summed E-state index contributed by atoms with van der Waals surface area (Å²) in [7, 11) is 0. The van der Waals surface area contributed by atoms with Gasteiger partial charge in [0.2, 0.25) is 5.82 Å². The first-order valence-electron chi connectivity index (χ1n) is 6.22. The Kier molecular flexibility index (Phi) is 4.98. The number of H-pyrrole nitrogens is 1. The van der Waals surface area contributed by atoms with E-state index in [1.165, 1.54) is 6.20 Å². The number of benzene rings is 1. The van der Waals surface area contributed by atoms with E-state index in [1.807, 2.05) is 6.07 Å². The normalized spacial score (nSPS) is 11.3. The molecule has 0 aliphatic heterocycles. The molecule has 0 saturated carbocycles. The second kappa shape index (κ2) is 7.12. The summed E-state index contributed by atoms with van der Waals surface area (Å²) in [5.41, 5.74) is 1.67. The van der Waals surface area contributed by atoms with Gasteiger partial charge in [-0.25, -0.2) is 8.78 Å². The Balaban J connectivity index is 2.08. The van der Waals surface area contributed by atoms with E-state index in [2.05, 4.69) is 25.9 Å². The van der Waals surface area contributed by atoms with Crippen LogP contribution in [0.25, 0.3) is 5.57 Å². The third-order valence-corrected chi connectivity index (χ3v) is 2.65. The van der Waals surface area contributed by atoms with Crippen LogP contribution in [0.4, 0.5) is 14.5 Å². The lowest BCUT2D eigenvalue weighted by molar-refractivity contribution is 0.0819. The zero-order valence-corrected chi connectivity index (χ0v) is 11.5. The van der Waals surface area contributed by atoms with Crippen LogP contribution in [0, 0.1) is 18.3 Å². The van der Waals surface area contributed by atoms with Gasteiger partial charge in [-0.05, 0) is 35.9 Å². The molecule has 2 rings (SSSR count). The van der Waals surface area contributed by atoms with Crippen LogP contribution in [0.3, 0.4) is 0 Å². The van der Waals surface area contributed by atoms with Crippen molar-refractivity contribution in [1.29, 1.82) is 5.26 Å². The summed E-state index contributed by atoms with van der Waals surface area (Å²) in [6, 6.07) is 6.79. The monoisotopic (exact) mass is 306 g/mol. The van der Waals surface area contributed by atoms with E-state index in [4.69, 9.17) is 10.00 Å². The third kappa shape index (κ3) is 3.99. The summed E-state index contributed by atoms with van der Waals surface area (Å²) in [5, 5.41) is 25.0. The van der Waals surface area contributed by atoms with Crippen LogP contribution in [-0.2, 0) is 0 Å². The van der Waals surface area contributed by atoms with Crippen LogP contribution in [0.1, 0.15) is 11.4 Å². The van der Waals surface area contributed by atoms with Gasteiger partial charge in [-0.1, -0.05) is 0 Å². The van der Waals surface area contributed by atoms with E-state index in [-0.39, 0.29) is 11.4 Å². The van der Waals surface area contributed by atoms with Gasteiger partial charge in [0.25, 0.3) is 6.43 Å². The molecule has 0 fully saturated rings. The quantitative estimate of drug-likeness (QED) is 0.793. The second-order valence-corrected chi connectivity index (χ2v) is 4.23. The number of halogens is 2. The minimum Gasteiger partial charge on any atom is -0.488 e. The number of aromatic amines is 1. The average molecular weight is 306 g/mol. The number of hydrogen-bond acceptors (Lipinski definition) is 6. The molecule has 0 radical (unpaired) electrons. The molecule has 114 valence electrons. The maximum absolute atomic E-state index is 12.1. The van der Waals surface area contributed by atoms with Crippen molar-refractivity contribution < 1.29 is 13.5 Å². The fourth-order valence-corrected chi connectivity index (χ4v) is 1.62. The summed E-state index contributed by atoms with van der Waals surface area (Å²) < 4.78 is 29.1. The molecule has 0 saturated heterocycles. The minimum atomic E-state index is -2.52. The Bertz CT molecular complexity index is 693.